The van der Waals surface area contributed by atoms with Gasteiger partial charge in [-0.25, -0.2) is 15.8 Å². The van der Waals surface area contributed by atoms with Crippen LogP contribution in [0.4, 0.5) is 11.6 Å². The smallest absolute Gasteiger partial charge is 0.148 e. The van der Waals surface area contributed by atoms with E-state index in [1.54, 1.807) is 0 Å². The topological polar surface area (TPSA) is 75.9 Å². The fourth-order valence-corrected chi connectivity index (χ4v) is 1.79. The number of aromatic nitrogens is 2. The van der Waals surface area contributed by atoms with Crippen LogP contribution < -0.4 is 16.6 Å². The Hall–Kier alpha value is -1.36. The van der Waals surface area contributed by atoms with Gasteiger partial charge in [-0.1, -0.05) is 20.8 Å². The van der Waals surface area contributed by atoms with Crippen molar-refractivity contribution in [1.29, 1.82) is 0 Å². The van der Waals surface area contributed by atoms with Gasteiger partial charge in [0.25, 0.3) is 0 Å². The fourth-order valence-electron chi connectivity index (χ4n) is 1.79. The Balaban J connectivity index is 2.23. The Morgan fingerprint density at radius 2 is 1.89 bits per heavy atom. The molecule has 0 saturated heterocycles. The van der Waals surface area contributed by atoms with E-state index in [4.69, 9.17) is 5.84 Å². The lowest BCUT2D eigenvalue weighted by molar-refractivity contribution is 0.608. The SMILES string of the molecule is Cc1c(NN)nc(C(C)C)nc1NCC1(C)CC1. The third-order valence-electron chi connectivity index (χ3n) is 3.60. The maximum absolute atomic E-state index is 5.51. The number of nitrogens with one attached hydrogen (secondary N) is 2. The standard InChI is InChI=1S/C13H23N5/c1-8(2)10-16-11(9(3)12(17-10)18-14)15-7-13(4)5-6-13/h8H,5-7,14H2,1-4H3,(H2,15,16,17,18). The van der Waals surface area contributed by atoms with E-state index in [2.05, 4.69) is 41.5 Å². The molecule has 1 aliphatic rings. The summed E-state index contributed by atoms with van der Waals surface area (Å²) < 4.78 is 0. The number of rotatable bonds is 5. The van der Waals surface area contributed by atoms with E-state index < -0.39 is 0 Å². The number of anilines is 2. The summed E-state index contributed by atoms with van der Waals surface area (Å²) in [6.45, 7) is 9.40. The fraction of sp³-hybridized carbons (Fsp3) is 0.692. The highest BCUT2D eigenvalue weighted by molar-refractivity contribution is 5.57. The van der Waals surface area contributed by atoms with E-state index >= 15 is 0 Å². The van der Waals surface area contributed by atoms with Gasteiger partial charge in [-0.05, 0) is 25.2 Å². The number of nitrogens with two attached hydrogens (primary N) is 1. The molecule has 0 amide bonds. The molecule has 1 heterocycles. The number of hydrogen-bond donors (Lipinski definition) is 3. The largest absolute Gasteiger partial charge is 0.369 e. The van der Waals surface area contributed by atoms with Crippen LogP contribution in [-0.2, 0) is 0 Å². The average molecular weight is 249 g/mol. The normalized spacial score (nSPS) is 16.8. The van der Waals surface area contributed by atoms with Gasteiger partial charge in [-0.3, -0.25) is 0 Å². The Morgan fingerprint density at radius 1 is 1.28 bits per heavy atom. The summed E-state index contributed by atoms with van der Waals surface area (Å²) in [5.74, 6) is 8.22. The van der Waals surface area contributed by atoms with E-state index in [0.29, 0.717) is 11.2 Å². The van der Waals surface area contributed by atoms with Crippen LogP contribution in [0, 0.1) is 12.3 Å². The highest BCUT2D eigenvalue weighted by atomic mass is 15.3. The maximum atomic E-state index is 5.51. The number of hydrazine groups is 1. The molecular formula is C13H23N5. The molecule has 5 nitrogen and oxygen atoms in total. The average Bonchev–Trinajstić information content (AvgIpc) is 3.06. The van der Waals surface area contributed by atoms with E-state index in [1.807, 2.05) is 6.92 Å². The van der Waals surface area contributed by atoms with Crippen LogP contribution in [0.5, 0.6) is 0 Å². The first kappa shape index (κ1) is 13.1. The third kappa shape index (κ3) is 2.72. The molecule has 1 saturated carbocycles. The van der Waals surface area contributed by atoms with Crippen molar-refractivity contribution in [2.45, 2.75) is 46.5 Å². The second-order valence-electron chi connectivity index (χ2n) is 5.87. The maximum Gasteiger partial charge on any atom is 0.148 e. The minimum Gasteiger partial charge on any atom is -0.369 e. The number of hydrogen-bond acceptors (Lipinski definition) is 5. The van der Waals surface area contributed by atoms with Crippen LogP contribution in [-0.4, -0.2) is 16.5 Å². The molecule has 0 unspecified atom stereocenters. The van der Waals surface area contributed by atoms with Crippen molar-refractivity contribution >= 4 is 11.6 Å². The summed E-state index contributed by atoms with van der Waals surface area (Å²) in [6, 6.07) is 0. The third-order valence-corrected chi connectivity index (χ3v) is 3.60. The van der Waals surface area contributed by atoms with E-state index in [1.165, 1.54) is 12.8 Å². The molecule has 18 heavy (non-hydrogen) atoms. The lowest BCUT2D eigenvalue weighted by Gasteiger charge is -2.16. The van der Waals surface area contributed by atoms with Gasteiger partial charge < -0.3 is 10.7 Å². The van der Waals surface area contributed by atoms with Crippen LogP contribution >= 0.6 is 0 Å². The zero-order valence-corrected chi connectivity index (χ0v) is 11.7. The zero-order valence-electron chi connectivity index (χ0n) is 11.7. The van der Waals surface area contributed by atoms with Crippen molar-refractivity contribution in [2.24, 2.45) is 11.3 Å². The van der Waals surface area contributed by atoms with Crippen LogP contribution in [0.3, 0.4) is 0 Å². The van der Waals surface area contributed by atoms with Gasteiger partial charge in [0.1, 0.15) is 17.5 Å². The lowest BCUT2D eigenvalue weighted by Crippen LogP contribution is -2.18. The monoisotopic (exact) mass is 249 g/mol. The molecule has 2 rings (SSSR count). The van der Waals surface area contributed by atoms with E-state index in [-0.39, 0.29) is 5.92 Å². The van der Waals surface area contributed by atoms with Gasteiger partial charge in [0.2, 0.25) is 0 Å². The van der Waals surface area contributed by atoms with Gasteiger partial charge in [0.15, 0.2) is 0 Å². The number of nitrogens with zero attached hydrogens (tertiary/aromatic N) is 2. The van der Waals surface area contributed by atoms with Crippen LogP contribution in [0.2, 0.25) is 0 Å². The van der Waals surface area contributed by atoms with Crippen molar-refractivity contribution < 1.29 is 0 Å². The van der Waals surface area contributed by atoms with Crippen molar-refractivity contribution in [1.82, 2.24) is 9.97 Å². The van der Waals surface area contributed by atoms with Crippen molar-refractivity contribution in [2.75, 3.05) is 17.3 Å². The Labute approximate surface area is 109 Å². The molecule has 1 aromatic heterocycles. The van der Waals surface area contributed by atoms with Crippen LogP contribution in [0.15, 0.2) is 0 Å². The van der Waals surface area contributed by atoms with E-state index in [9.17, 15) is 0 Å². The van der Waals surface area contributed by atoms with E-state index in [0.717, 1.165) is 23.8 Å². The molecule has 1 aliphatic carbocycles. The minimum absolute atomic E-state index is 0.287. The minimum atomic E-state index is 0.287. The first-order valence-corrected chi connectivity index (χ1v) is 6.54. The summed E-state index contributed by atoms with van der Waals surface area (Å²) in [4.78, 5) is 9.02. The molecule has 1 aromatic rings. The molecule has 1 fully saturated rings. The Morgan fingerprint density at radius 3 is 2.39 bits per heavy atom. The van der Waals surface area contributed by atoms with Gasteiger partial charge in [0, 0.05) is 18.0 Å². The zero-order chi connectivity index (χ0) is 13.3. The summed E-state index contributed by atoms with van der Waals surface area (Å²) >= 11 is 0. The predicted molar refractivity (Wildman–Crippen MR) is 74.5 cm³/mol. The summed E-state index contributed by atoms with van der Waals surface area (Å²) in [5, 5.41) is 3.44. The molecule has 0 radical (unpaired) electrons. The molecular weight excluding hydrogens is 226 g/mol. The summed E-state index contributed by atoms with van der Waals surface area (Å²) in [5.41, 5.74) is 4.08. The van der Waals surface area contributed by atoms with Crippen molar-refractivity contribution in [3.8, 4) is 0 Å². The Bertz CT molecular complexity index is 437. The van der Waals surface area contributed by atoms with Gasteiger partial charge in [-0.2, -0.15) is 0 Å². The first-order valence-electron chi connectivity index (χ1n) is 6.54. The summed E-state index contributed by atoms with van der Waals surface area (Å²) in [6.07, 6.45) is 2.59. The first-order chi connectivity index (χ1) is 8.45. The molecule has 0 atom stereocenters. The van der Waals surface area contributed by atoms with Gasteiger partial charge in [-0.15, -0.1) is 0 Å². The van der Waals surface area contributed by atoms with Crippen LogP contribution in [0.1, 0.15) is 50.9 Å². The second-order valence-corrected chi connectivity index (χ2v) is 5.87. The van der Waals surface area contributed by atoms with Crippen molar-refractivity contribution in [3.63, 3.8) is 0 Å². The Kier molecular flexibility index (Phi) is 3.43. The molecule has 4 N–H and O–H groups in total. The quantitative estimate of drug-likeness (QED) is 0.552. The highest BCUT2D eigenvalue weighted by Gasteiger charge is 2.37. The number of nitrogen functional groups attached to an aromatic ring is 1. The lowest BCUT2D eigenvalue weighted by atomic mass is 10.1. The summed E-state index contributed by atoms with van der Waals surface area (Å²) in [7, 11) is 0. The molecule has 5 heteroatoms. The second kappa shape index (κ2) is 4.72. The molecule has 100 valence electrons. The van der Waals surface area contributed by atoms with Crippen LogP contribution in [0.25, 0.3) is 0 Å². The van der Waals surface area contributed by atoms with Gasteiger partial charge in [0.05, 0.1) is 0 Å². The van der Waals surface area contributed by atoms with Crippen molar-refractivity contribution in [3.05, 3.63) is 11.4 Å². The molecule has 0 aromatic carbocycles. The molecule has 0 bridgehead atoms. The highest BCUT2D eigenvalue weighted by Crippen LogP contribution is 2.44. The predicted octanol–water partition coefficient (Wildman–Crippen LogP) is 2.41. The van der Waals surface area contributed by atoms with Gasteiger partial charge >= 0.3 is 0 Å². The molecule has 0 spiro atoms. The molecule has 0 aliphatic heterocycles.